The minimum atomic E-state index is -1.08. The van der Waals surface area contributed by atoms with Gasteiger partial charge in [-0.25, -0.2) is 4.79 Å². The molecular weight excluding hydrogens is 500 g/mol. The van der Waals surface area contributed by atoms with E-state index in [-0.39, 0.29) is 40.9 Å². The number of carboxylic acids is 1. The van der Waals surface area contributed by atoms with Crippen LogP contribution in [0.4, 0.5) is 11.4 Å². The predicted octanol–water partition coefficient (Wildman–Crippen LogP) is 5.12. The first-order valence-corrected chi connectivity index (χ1v) is 11.8. The number of anilines is 2. The molecule has 4 aromatic carbocycles. The molecule has 0 aromatic heterocycles. The zero-order valence-electron chi connectivity index (χ0n) is 21.9. The zero-order valence-corrected chi connectivity index (χ0v) is 21.9. The highest BCUT2D eigenvalue weighted by Gasteiger charge is 2.10. The SMILES string of the molecule is COc1cc(C(=O)Nc2ccc(C)cc2)ccc1O.Cc1ccc(N)cc1.O=C(O)c1ccc(O)c(CO)c1. The lowest BCUT2D eigenvalue weighted by molar-refractivity contribution is 0.0696. The molecule has 0 atom stereocenters. The molecular formula is C30H32N2O7. The maximum absolute atomic E-state index is 12.0. The van der Waals surface area contributed by atoms with Crippen LogP contribution in [-0.2, 0) is 6.61 Å². The lowest BCUT2D eigenvalue weighted by Gasteiger charge is -2.08. The highest BCUT2D eigenvalue weighted by molar-refractivity contribution is 6.04. The van der Waals surface area contributed by atoms with Crippen molar-refractivity contribution in [1.29, 1.82) is 0 Å². The molecule has 0 aliphatic carbocycles. The molecule has 0 radical (unpaired) electrons. The number of benzene rings is 4. The van der Waals surface area contributed by atoms with Crippen molar-refractivity contribution in [1.82, 2.24) is 0 Å². The summed E-state index contributed by atoms with van der Waals surface area (Å²) >= 11 is 0. The van der Waals surface area contributed by atoms with E-state index in [1.807, 2.05) is 62.4 Å². The Kier molecular flexibility index (Phi) is 11.3. The third-order valence-corrected chi connectivity index (χ3v) is 5.33. The van der Waals surface area contributed by atoms with Gasteiger partial charge in [0.25, 0.3) is 5.91 Å². The molecule has 1 amide bonds. The number of rotatable bonds is 5. The molecule has 0 heterocycles. The second kappa shape index (κ2) is 14.7. The minimum Gasteiger partial charge on any atom is -0.508 e. The number of aryl methyl sites for hydroxylation is 2. The van der Waals surface area contributed by atoms with Crippen LogP contribution < -0.4 is 15.8 Å². The van der Waals surface area contributed by atoms with Crippen LogP contribution in [0.2, 0.25) is 0 Å². The van der Waals surface area contributed by atoms with E-state index in [1.165, 1.54) is 43.0 Å². The second-order valence-corrected chi connectivity index (χ2v) is 8.42. The molecule has 0 saturated heterocycles. The van der Waals surface area contributed by atoms with Crippen molar-refractivity contribution in [2.75, 3.05) is 18.2 Å². The smallest absolute Gasteiger partial charge is 0.335 e. The number of nitrogens with one attached hydrogen (secondary N) is 1. The van der Waals surface area contributed by atoms with E-state index in [9.17, 15) is 14.7 Å². The fraction of sp³-hybridized carbons (Fsp3) is 0.133. The first-order valence-electron chi connectivity index (χ1n) is 11.8. The van der Waals surface area contributed by atoms with E-state index in [4.69, 9.17) is 25.8 Å². The summed E-state index contributed by atoms with van der Waals surface area (Å²) in [5, 5.41) is 38.5. The van der Waals surface area contributed by atoms with E-state index in [0.29, 0.717) is 5.56 Å². The maximum atomic E-state index is 12.0. The lowest BCUT2D eigenvalue weighted by Crippen LogP contribution is -2.11. The Hall–Kier alpha value is -5.02. The van der Waals surface area contributed by atoms with Crippen LogP contribution in [0, 0.1) is 13.8 Å². The number of carbonyl (C=O) groups excluding carboxylic acids is 1. The molecule has 0 bridgehead atoms. The Balaban J connectivity index is 0.000000227. The van der Waals surface area contributed by atoms with Crippen LogP contribution in [0.1, 0.15) is 37.4 Å². The summed E-state index contributed by atoms with van der Waals surface area (Å²) < 4.78 is 4.97. The number of hydrogen-bond donors (Lipinski definition) is 6. The number of methoxy groups -OCH3 is 1. The molecule has 0 fully saturated rings. The van der Waals surface area contributed by atoms with Gasteiger partial charge in [-0.3, -0.25) is 4.79 Å². The van der Waals surface area contributed by atoms with Gasteiger partial charge in [-0.2, -0.15) is 0 Å². The molecule has 204 valence electrons. The van der Waals surface area contributed by atoms with E-state index in [2.05, 4.69) is 5.32 Å². The fourth-order valence-electron chi connectivity index (χ4n) is 3.07. The second-order valence-electron chi connectivity index (χ2n) is 8.42. The molecule has 0 saturated carbocycles. The quantitative estimate of drug-likeness (QED) is 0.193. The summed E-state index contributed by atoms with van der Waals surface area (Å²) in [5.74, 6) is -1.14. The number of phenolic OH excluding ortho intramolecular Hbond substituents is 1. The standard InChI is InChI=1S/C15H15NO3.C8H8O4.C7H9N/c1-10-3-6-12(7-4-10)16-15(18)11-5-8-13(17)14(9-11)19-2;9-4-6-3-5(8(11)12)1-2-7(6)10;1-6-2-4-7(8)5-3-6/h3-9,17H,1-2H3,(H,16,18);1-3,9-10H,4H2,(H,11,12);2-5H,8H2,1H3. The summed E-state index contributed by atoms with van der Waals surface area (Å²) in [7, 11) is 1.44. The van der Waals surface area contributed by atoms with E-state index < -0.39 is 5.97 Å². The number of amides is 1. The summed E-state index contributed by atoms with van der Waals surface area (Å²) in [6.45, 7) is 3.66. The summed E-state index contributed by atoms with van der Waals surface area (Å²) in [4.78, 5) is 22.4. The Morgan fingerprint density at radius 3 is 1.85 bits per heavy atom. The molecule has 0 unspecified atom stereocenters. The van der Waals surface area contributed by atoms with Gasteiger partial charge in [0.2, 0.25) is 0 Å². The molecule has 0 aliphatic heterocycles. The number of aromatic hydroxyl groups is 2. The molecule has 4 rings (SSSR count). The van der Waals surface area contributed by atoms with Crippen LogP contribution in [0.25, 0.3) is 0 Å². The van der Waals surface area contributed by atoms with Crippen LogP contribution >= 0.6 is 0 Å². The van der Waals surface area contributed by atoms with Gasteiger partial charge in [-0.1, -0.05) is 35.4 Å². The van der Waals surface area contributed by atoms with E-state index >= 15 is 0 Å². The molecule has 9 nitrogen and oxygen atoms in total. The maximum Gasteiger partial charge on any atom is 0.335 e. The Labute approximate surface area is 226 Å². The van der Waals surface area contributed by atoms with Gasteiger partial charge in [-0.05, 0) is 74.5 Å². The molecule has 0 aliphatic rings. The number of carbonyl (C=O) groups is 2. The topological polar surface area (TPSA) is 162 Å². The van der Waals surface area contributed by atoms with E-state index in [1.54, 1.807) is 6.07 Å². The minimum absolute atomic E-state index is 0.00869. The fourth-order valence-corrected chi connectivity index (χ4v) is 3.07. The Bertz CT molecular complexity index is 1360. The monoisotopic (exact) mass is 532 g/mol. The summed E-state index contributed by atoms with van der Waals surface area (Å²) in [5.41, 5.74) is 10.1. The van der Waals surface area contributed by atoms with Gasteiger partial charge in [-0.15, -0.1) is 0 Å². The lowest BCUT2D eigenvalue weighted by atomic mass is 10.1. The van der Waals surface area contributed by atoms with Crippen LogP contribution in [-0.4, -0.2) is 39.4 Å². The Morgan fingerprint density at radius 2 is 1.33 bits per heavy atom. The first-order chi connectivity index (χ1) is 18.5. The number of aliphatic hydroxyl groups is 1. The largest absolute Gasteiger partial charge is 0.508 e. The van der Waals surface area contributed by atoms with Crippen LogP contribution in [0.15, 0.2) is 84.9 Å². The van der Waals surface area contributed by atoms with Crippen LogP contribution in [0.3, 0.4) is 0 Å². The van der Waals surface area contributed by atoms with Crippen molar-refractivity contribution in [3.05, 3.63) is 113 Å². The van der Waals surface area contributed by atoms with E-state index in [0.717, 1.165) is 16.9 Å². The van der Waals surface area contributed by atoms with Crippen molar-refractivity contribution < 1.29 is 34.8 Å². The van der Waals surface area contributed by atoms with Gasteiger partial charge in [0.05, 0.1) is 19.3 Å². The van der Waals surface area contributed by atoms with Crippen molar-refractivity contribution in [2.24, 2.45) is 0 Å². The summed E-state index contributed by atoms with van der Waals surface area (Å²) in [6.07, 6.45) is 0. The van der Waals surface area contributed by atoms with Crippen molar-refractivity contribution in [3.8, 4) is 17.2 Å². The highest BCUT2D eigenvalue weighted by Crippen LogP contribution is 2.26. The van der Waals surface area contributed by atoms with Crippen molar-refractivity contribution in [3.63, 3.8) is 0 Å². The normalized spacial score (nSPS) is 9.74. The number of nitrogens with two attached hydrogens (primary N) is 1. The average molecular weight is 533 g/mol. The first kappa shape index (κ1) is 30.2. The molecule has 39 heavy (non-hydrogen) atoms. The number of aliphatic hydroxyl groups excluding tert-OH is 1. The van der Waals surface area contributed by atoms with Crippen molar-refractivity contribution in [2.45, 2.75) is 20.5 Å². The number of phenols is 2. The number of ether oxygens (including phenoxy) is 1. The molecule has 0 spiro atoms. The summed E-state index contributed by atoms with van der Waals surface area (Å²) in [6, 6.07) is 23.5. The van der Waals surface area contributed by atoms with Crippen molar-refractivity contribution >= 4 is 23.3 Å². The van der Waals surface area contributed by atoms with Gasteiger partial charge < -0.3 is 36.2 Å². The number of nitrogen functional groups attached to an aromatic ring is 1. The number of hydrogen-bond acceptors (Lipinski definition) is 7. The molecule has 4 aromatic rings. The van der Waals surface area contributed by atoms with Gasteiger partial charge in [0, 0.05) is 22.5 Å². The number of carboxylic acid groups (broad SMARTS) is 1. The number of aromatic carboxylic acids is 1. The highest BCUT2D eigenvalue weighted by atomic mass is 16.5. The third kappa shape index (κ3) is 9.75. The van der Waals surface area contributed by atoms with Gasteiger partial charge >= 0.3 is 5.97 Å². The predicted molar refractivity (Wildman–Crippen MR) is 150 cm³/mol. The zero-order chi connectivity index (χ0) is 28.9. The van der Waals surface area contributed by atoms with Crippen LogP contribution in [0.5, 0.6) is 17.2 Å². The third-order valence-electron chi connectivity index (χ3n) is 5.33. The Morgan fingerprint density at radius 1 is 0.795 bits per heavy atom. The molecule has 7 N–H and O–H groups in total. The van der Waals surface area contributed by atoms with Gasteiger partial charge in [0.15, 0.2) is 11.5 Å². The average Bonchev–Trinajstić information content (AvgIpc) is 2.92. The van der Waals surface area contributed by atoms with Gasteiger partial charge in [0.1, 0.15) is 5.75 Å². The molecule has 9 heteroatoms.